The zero-order chi connectivity index (χ0) is 16.9. The minimum absolute atomic E-state index is 0.0720. The summed E-state index contributed by atoms with van der Waals surface area (Å²) in [6, 6.07) is 3.78. The maximum atomic E-state index is 12.1. The number of nitrogens with one attached hydrogen (secondary N) is 1. The number of furan rings is 1. The number of amides is 1. The molecule has 0 atom stereocenters. The topological polar surface area (TPSA) is 75.4 Å². The van der Waals surface area contributed by atoms with Crippen LogP contribution in [0.3, 0.4) is 0 Å². The number of carbonyl (C=O) groups is 1. The molecule has 2 rings (SSSR count). The van der Waals surface area contributed by atoms with Crippen LogP contribution in [-0.2, 0) is 11.2 Å². The van der Waals surface area contributed by atoms with Crippen LogP contribution in [0.25, 0.3) is 10.8 Å². The van der Waals surface area contributed by atoms with Crippen molar-refractivity contribution >= 4 is 17.2 Å². The summed E-state index contributed by atoms with van der Waals surface area (Å²) in [4.78, 5) is 16.6. The first-order chi connectivity index (χ1) is 11.0. The minimum atomic E-state index is -0.228. The first kappa shape index (κ1) is 17.7. The van der Waals surface area contributed by atoms with Gasteiger partial charge in [0, 0.05) is 17.3 Å². The van der Waals surface area contributed by atoms with Crippen molar-refractivity contribution in [2.45, 2.75) is 40.0 Å². The van der Waals surface area contributed by atoms with Gasteiger partial charge in [-0.1, -0.05) is 13.8 Å². The van der Waals surface area contributed by atoms with E-state index < -0.39 is 0 Å². The third-order valence-electron chi connectivity index (χ3n) is 4.34. The number of rotatable bonds is 8. The lowest BCUT2D eigenvalue weighted by Crippen LogP contribution is -2.40. The highest BCUT2D eigenvalue weighted by molar-refractivity contribution is 7.13. The molecule has 0 saturated carbocycles. The zero-order valence-corrected chi connectivity index (χ0v) is 14.7. The Morgan fingerprint density at radius 3 is 2.70 bits per heavy atom. The van der Waals surface area contributed by atoms with Crippen LogP contribution in [0, 0.1) is 12.3 Å². The highest BCUT2D eigenvalue weighted by atomic mass is 32.1. The normalized spacial score (nSPS) is 11.7. The third-order valence-corrected chi connectivity index (χ3v) is 5.25. The molecule has 23 heavy (non-hydrogen) atoms. The Kier molecular flexibility index (Phi) is 5.96. The average Bonchev–Trinajstić information content (AvgIpc) is 3.18. The maximum Gasteiger partial charge on any atom is 0.226 e. The molecule has 2 aromatic heterocycles. The van der Waals surface area contributed by atoms with Crippen molar-refractivity contribution in [3.05, 3.63) is 29.0 Å². The minimum Gasteiger partial charge on any atom is -0.459 e. The SMILES string of the molecule is CCC(CC)(CO)CNC(=O)Cc1csc(-c2ccc(C)o2)n1. The molecule has 0 aliphatic rings. The second-order valence-electron chi connectivity index (χ2n) is 5.87. The number of aromatic nitrogens is 1. The molecule has 0 aliphatic heterocycles. The Hall–Kier alpha value is -1.66. The molecule has 0 radical (unpaired) electrons. The van der Waals surface area contributed by atoms with Gasteiger partial charge in [0.1, 0.15) is 5.76 Å². The Morgan fingerprint density at radius 1 is 1.39 bits per heavy atom. The number of aliphatic hydroxyl groups excluding tert-OH is 1. The predicted molar refractivity (Wildman–Crippen MR) is 91.4 cm³/mol. The molecule has 0 unspecified atom stereocenters. The number of hydrogen-bond donors (Lipinski definition) is 2. The van der Waals surface area contributed by atoms with Gasteiger partial charge in [0.15, 0.2) is 10.8 Å². The molecule has 1 amide bonds. The fraction of sp³-hybridized carbons (Fsp3) is 0.529. The van der Waals surface area contributed by atoms with Crippen molar-refractivity contribution in [2.24, 2.45) is 5.41 Å². The van der Waals surface area contributed by atoms with E-state index in [1.165, 1.54) is 11.3 Å². The summed E-state index contributed by atoms with van der Waals surface area (Å²) >= 11 is 1.47. The Balaban J connectivity index is 1.92. The number of aryl methyl sites for hydroxylation is 1. The van der Waals surface area contributed by atoms with E-state index in [9.17, 15) is 9.90 Å². The second kappa shape index (κ2) is 7.75. The molecule has 2 N–H and O–H groups in total. The molecule has 126 valence electrons. The van der Waals surface area contributed by atoms with Crippen LogP contribution in [-0.4, -0.2) is 29.1 Å². The summed E-state index contributed by atoms with van der Waals surface area (Å²) in [5.41, 5.74) is 0.508. The fourth-order valence-corrected chi connectivity index (χ4v) is 3.12. The largest absolute Gasteiger partial charge is 0.459 e. The monoisotopic (exact) mass is 336 g/mol. The van der Waals surface area contributed by atoms with Gasteiger partial charge in [-0.2, -0.15) is 0 Å². The van der Waals surface area contributed by atoms with E-state index in [1.54, 1.807) is 0 Å². The van der Waals surface area contributed by atoms with Crippen LogP contribution in [0.4, 0.5) is 0 Å². The van der Waals surface area contributed by atoms with Crippen molar-refractivity contribution in [1.82, 2.24) is 10.3 Å². The molecule has 0 aliphatic carbocycles. The standard InChI is InChI=1S/C17H24N2O3S/c1-4-17(5-2,11-20)10-18-15(21)8-13-9-23-16(19-13)14-7-6-12(3)22-14/h6-7,9,20H,4-5,8,10-11H2,1-3H3,(H,18,21). The van der Waals surface area contributed by atoms with Crippen LogP contribution in [0.2, 0.25) is 0 Å². The second-order valence-corrected chi connectivity index (χ2v) is 6.73. The van der Waals surface area contributed by atoms with Crippen LogP contribution < -0.4 is 5.32 Å². The molecular formula is C17H24N2O3S. The summed E-state index contributed by atoms with van der Waals surface area (Å²) in [7, 11) is 0. The summed E-state index contributed by atoms with van der Waals surface area (Å²) in [6.07, 6.45) is 1.91. The highest BCUT2D eigenvalue weighted by Gasteiger charge is 2.25. The average molecular weight is 336 g/mol. The molecule has 2 aromatic rings. The summed E-state index contributed by atoms with van der Waals surface area (Å²) in [5.74, 6) is 1.50. The van der Waals surface area contributed by atoms with E-state index >= 15 is 0 Å². The maximum absolute atomic E-state index is 12.1. The van der Waals surface area contributed by atoms with Gasteiger partial charge in [0.2, 0.25) is 5.91 Å². The van der Waals surface area contributed by atoms with Gasteiger partial charge in [-0.25, -0.2) is 4.98 Å². The quantitative estimate of drug-likeness (QED) is 0.776. The lowest BCUT2D eigenvalue weighted by atomic mass is 9.83. The smallest absolute Gasteiger partial charge is 0.226 e. The van der Waals surface area contributed by atoms with Crippen molar-refractivity contribution in [3.63, 3.8) is 0 Å². The molecular weight excluding hydrogens is 312 g/mol. The number of carbonyl (C=O) groups excluding carboxylic acids is 1. The summed E-state index contributed by atoms with van der Waals surface area (Å²) in [5, 5.41) is 15.1. The van der Waals surface area contributed by atoms with E-state index in [0.29, 0.717) is 6.54 Å². The van der Waals surface area contributed by atoms with E-state index in [2.05, 4.69) is 10.3 Å². The Morgan fingerprint density at radius 2 is 2.13 bits per heavy atom. The van der Waals surface area contributed by atoms with Gasteiger partial charge in [-0.05, 0) is 31.9 Å². The number of thiazole rings is 1. The molecule has 2 heterocycles. The molecule has 0 spiro atoms. The van der Waals surface area contributed by atoms with Gasteiger partial charge in [-0.3, -0.25) is 4.79 Å². The van der Waals surface area contributed by atoms with E-state index in [0.717, 1.165) is 35.1 Å². The zero-order valence-electron chi connectivity index (χ0n) is 13.9. The fourth-order valence-electron chi connectivity index (χ4n) is 2.34. The first-order valence-electron chi connectivity index (χ1n) is 7.90. The van der Waals surface area contributed by atoms with Gasteiger partial charge in [0.25, 0.3) is 0 Å². The lowest BCUT2D eigenvalue weighted by molar-refractivity contribution is -0.121. The van der Waals surface area contributed by atoms with E-state index in [1.807, 2.05) is 38.3 Å². The predicted octanol–water partition coefficient (Wildman–Crippen LogP) is 3.17. The van der Waals surface area contributed by atoms with Gasteiger partial charge < -0.3 is 14.8 Å². The molecule has 0 saturated heterocycles. The van der Waals surface area contributed by atoms with Gasteiger partial charge in [-0.15, -0.1) is 11.3 Å². The third kappa shape index (κ3) is 4.42. The lowest BCUT2D eigenvalue weighted by Gasteiger charge is -2.29. The van der Waals surface area contributed by atoms with E-state index in [-0.39, 0.29) is 24.3 Å². The van der Waals surface area contributed by atoms with Gasteiger partial charge in [0.05, 0.1) is 18.7 Å². The Bertz CT molecular complexity index is 636. The van der Waals surface area contributed by atoms with Crippen LogP contribution in [0.5, 0.6) is 0 Å². The van der Waals surface area contributed by atoms with Crippen molar-refractivity contribution in [3.8, 4) is 10.8 Å². The summed E-state index contributed by atoms with van der Waals surface area (Å²) < 4.78 is 5.54. The number of nitrogens with zero attached hydrogens (tertiary/aromatic N) is 1. The van der Waals surface area contributed by atoms with E-state index in [4.69, 9.17) is 4.42 Å². The number of hydrogen-bond acceptors (Lipinski definition) is 5. The Labute approximate surface area is 140 Å². The molecule has 6 heteroatoms. The number of aliphatic hydroxyl groups is 1. The van der Waals surface area contributed by atoms with Crippen molar-refractivity contribution < 1.29 is 14.3 Å². The van der Waals surface area contributed by atoms with Crippen molar-refractivity contribution in [2.75, 3.05) is 13.2 Å². The highest BCUT2D eigenvalue weighted by Crippen LogP contribution is 2.26. The van der Waals surface area contributed by atoms with Crippen LogP contribution in [0.15, 0.2) is 21.9 Å². The molecule has 0 fully saturated rings. The van der Waals surface area contributed by atoms with Crippen molar-refractivity contribution in [1.29, 1.82) is 0 Å². The first-order valence-corrected chi connectivity index (χ1v) is 8.78. The molecule has 0 aromatic carbocycles. The molecule has 0 bridgehead atoms. The van der Waals surface area contributed by atoms with Crippen LogP contribution in [0.1, 0.15) is 38.1 Å². The molecule has 5 nitrogen and oxygen atoms in total. The van der Waals surface area contributed by atoms with Gasteiger partial charge >= 0.3 is 0 Å². The van der Waals surface area contributed by atoms with Crippen LogP contribution >= 0.6 is 11.3 Å². The summed E-state index contributed by atoms with van der Waals surface area (Å²) in [6.45, 7) is 6.52.